The Morgan fingerprint density at radius 2 is 1.95 bits per heavy atom. The monoisotopic (exact) mass is 303 g/mol. The van der Waals surface area contributed by atoms with Crippen LogP contribution in [-0.4, -0.2) is 23.7 Å². The molecule has 2 aromatic rings. The van der Waals surface area contributed by atoms with Crippen molar-refractivity contribution in [3.8, 4) is 0 Å². The third-order valence-corrected chi connectivity index (χ3v) is 4.71. The minimum atomic E-state index is -0.574. The first kappa shape index (κ1) is 15.7. The summed E-state index contributed by atoms with van der Waals surface area (Å²) in [6, 6.07) is 13.7. The summed E-state index contributed by atoms with van der Waals surface area (Å²) in [5, 5.41) is 14.9. The molecule has 0 aliphatic heterocycles. The summed E-state index contributed by atoms with van der Waals surface area (Å²) < 4.78 is 0. The van der Waals surface area contributed by atoms with Crippen LogP contribution in [0.1, 0.15) is 24.3 Å². The van der Waals surface area contributed by atoms with Crippen LogP contribution in [-0.2, 0) is 16.6 Å². The number of aliphatic hydroxyl groups is 1. The van der Waals surface area contributed by atoms with Gasteiger partial charge in [-0.2, -0.15) is 0 Å². The Bertz CT molecular complexity index is 564. The van der Waals surface area contributed by atoms with Crippen molar-refractivity contribution < 1.29 is 9.90 Å². The fraction of sp³-hybridized carbons (Fsp3) is 0.353. The first-order valence-corrected chi connectivity index (χ1v) is 7.92. The van der Waals surface area contributed by atoms with E-state index < -0.39 is 11.5 Å². The Hall–Kier alpha value is -1.65. The second-order valence-electron chi connectivity index (χ2n) is 5.66. The normalized spacial score (nSPS) is 12.9. The molecule has 0 aliphatic rings. The molecule has 0 saturated heterocycles. The minimum absolute atomic E-state index is 0.0583. The Morgan fingerprint density at radius 1 is 1.24 bits per heavy atom. The zero-order valence-electron chi connectivity index (χ0n) is 12.4. The van der Waals surface area contributed by atoms with E-state index >= 15 is 0 Å². The summed E-state index contributed by atoms with van der Waals surface area (Å²) in [5.74, 6) is -0.0583. The molecule has 4 heteroatoms. The van der Waals surface area contributed by atoms with Crippen molar-refractivity contribution in [2.75, 3.05) is 6.54 Å². The van der Waals surface area contributed by atoms with Gasteiger partial charge in [-0.3, -0.25) is 4.79 Å². The summed E-state index contributed by atoms with van der Waals surface area (Å²) in [7, 11) is 0. The molecule has 2 N–H and O–H groups in total. The number of rotatable bonds is 6. The molecule has 1 aromatic carbocycles. The van der Waals surface area contributed by atoms with Gasteiger partial charge in [0.15, 0.2) is 0 Å². The second-order valence-corrected chi connectivity index (χ2v) is 6.60. The van der Waals surface area contributed by atoms with Crippen LogP contribution in [0.2, 0.25) is 0 Å². The molecule has 1 amide bonds. The van der Waals surface area contributed by atoms with Crippen molar-refractivity contribution >= 4 is 17.2 Å². The molecule has 0 radical (unpaired) electrons. The zero-order chi connectivity index (χ0) is 15.3. The highest BCUT2D eigenvalue weighted by Crippen LogP contribution is 2.27. The average molecular weight is 303 g/mol. The first-order chi connectivity index (χ1) is 10.00. The Balaban J connectivity index is 1.86. The van der Waals surface area contributed by atoms with Gasteiger partial charge in [0.1, 0.15) is 0 Å². The van der Waals surface area contributed by atoms with E-state index in [9.17, 15) is 9.90 Å². The van der Waals surface area contributed by atoms with Crippen molar-refractivity contribution in [1.82, 2.24) is 5.32 Å². The van der Waals surface area contributed by atoms with Gasteiger partial charge in [0.25, 0.3) is 0 Å². The lowest BCUT2D eigenvalue weighted by Crippen LogP contribution is -2.43. The molecular weight excluding hydrogens is 282 g/mol. The quantitative estimate of drug-likeness (QED) is 0.862. The van der Waals surface area contributed by atoms with Gasteiger partial charge >= 0.3 is 0 Å². The lowest BCUT2D eigenvalue weighted by atomic mass is 9.90. The number of amides is 1. The highest BCUT2D eigenvalue weighted by atomic mass is 32.1. The average Bonchev–Trinajstić information content (AvgIpc) is 3.00. The molecule has 0 aliphatic carbocycles. The number of hydrogen-bond acceptors (Lipinski definition) is 3. The van der Waals surface area contributed by atoms with Crippen LogP contribution >= 0.6 is 11.3 Å². The van der Waals surface area contributed by atoms with Crippen molar-refractivity contribution in [2.45, 2.75) is 31.8 Å². The SMILES string of the molecule is CC(C)(C(=O)NC[C@@H](O)Cc1ccccc1)c1cccs1. The molecule has 1 heterocycles. The molecular formula is C17H21NO2S. The molecule has 21 heavy (non-hydrogen) atoms. The largest absolute Gasteiger partial charge is 0.391 e. The van der Waals surface area contributed by atoms with Gasteiger partial charge in [0, 0.05) is 17.8 Å². The first-order valence-electron chi connectivity index (χ1n) is 7.04. The molecule has 3 nitrogen and oxygen atoms in total. The predicted molar refractivity (Wildman–Crippen MR) is 86.5 cm³/mol. The Kier molecular flexibility index (Phi) is 5.15. The Labute approximate surface area is 129 Å². The van der Waals surface area contributed by atoms with Gasteiger partial charge in [-0.05, 0) is 30.9 Å². The minimum Gasteiger partial charge on any atom is -0.391 e. The zero-order valence-corrected chi connectivity index (χ0v) is 13.2. The van der Waals surface area contributed by atoms with E-state index in [0.29, 0.717) is 6.42 Å². The van der Waals surface area contributed by atoms with Crippen molar-refractivity contribution in [3.05, 3.63) is 58.3 Å². The number of benzene rings is 1. The van der Waals surface area contributed by atoms with Crippen molar-refractivity contribution in [1.29, 1.82) is 0 Å². The highest BCUT2D eigenvalue weighted by Gasteiger charge is 2.30. The van der Waals surface area contributed by atoms with Gasteiger partial charge in [0.2, 0.25) is 5.91 Å². The number of thiophene rings is 1. The van der Waals surface area contributed by atoms with E-state index in [1.807, 2.05) is 61.7 Å². The van der Waals surface area contributed by atoms with E-state index in [1.165, 1.54) is 0 Å². The summed E-state index contributed by atoms with van der Waals surface area (Å²) >= 11 is 1.57. The third-order valence-electron chi connectivity index (χ3n) is 3.52. The van der Waals surface area contributed by atoms with Crippen LogP contribution in [0.25, 0.3) is 0 Å². The summed E-state index contributed by atoms with van der Waals surface area (Å²) in [6.07, 6.45) is -0.0314. The number of aliphatic hydroxyl groups excluding tert-OH is 1. The van der Waals surface area contributed by atoms with Gasteiger partial charge < -0.3 is 10.4 Å². The maximum absolute atomic E-state index is 12.3. The number of hydrogen-bond donors (Lipinski definition) is 2. The standard InChI is InChI=1S/C17H21NO2S/c1-17(2,15-9-6-10-21-15)16(20)18-12-14(19)11-13-7-4-3-5-8-13/h3-10,14,19H,11-12H2,1-2H3,(H,18,20)/t14-/m0/s1. The van der Waals surface area contributed by atoms with Gasteiger partial charge in [-0.1, -0.05) is 36.4 Å². The van der Waals surface area contributed by atoms with E-state index in [0.717, 1.165) is 10.4 Å². The topological polar surface area (TPSA) is 49.3 Å². The molecule has 2 rings (SSSR count). The van der Waals surface area contributed by atoms with Crippen LogP contribution in [0.3, 0.4) is 0 Å². The van der Waals surface area contributed by atoms with Crippen LogP contribution in [0.5, 0.6) is 0 Å². The number of carbonyl (C=O) groups excluding carboxylic acids is 1. The van der Waals surface area contributed by atoms with Gasteiger partial charge in [-0.25, -0.2) is 0 Å². The molecule has 112 valence electrons. The van der Waals surface area contributed by atoms with E-state index in [1.54, 1.807) is 11.3 Å². The molecule has 1 aromatic heterocycles. The molecule has 0 saturated carbocycles. The highest BCUT2D eigenvalue weighted by molar-refractivity contribution is 7.10. The molecule has 0 spiro atoms. The summed E-state index contributed by atoms with van der Waals surface area (Å²) in [6.45, 7) is 4.07. The van der Waals surface area contributed by atoms with Crippen molar-refractivity contribution in [2.24, 2.45) is 0 Å². The maximum Gasteiger partial charge on any atom is 0.231 e. The fourth-order valence-electron chi connectivity index (χ4n) is 2.14. The molecule has 0 unspecified atom stereocenters. The smallest absolute Gasteiger partial charge is 0.231 e. The van der Waals surface area contributed by atoms with E-state index in [-0.39, 0.29) is 12.5 Å². The van der Waals surface area contributed by atoms with Gasteiger partial charge in [-0.15, -0.1) is 11.3 Å². The van der Waals surface area contributed by atoms with E-state index in [2.05, 4.69) is 5.32 Å². The van der Waals surface area contributed by atoms with Gasteiger partial charge in [0.05, 0.1) is 11.5 Å². The second kappa shape index (κ2) is 6.87. The van der Waals surface area contributed by atoms with Crippen LogP contribution in [0.15, 0.2) is 47.8 Å². The summed E-state index contributed by atoms with van der Waals surface area (Å²) in [5.41, 5.74) is 0.498. The fourth-order valence-corrected chi connectivity index (χ4v) is 2.98. The number of carbonyl (C=O) groups is 1. The summed E-state index contributed by atoms with van der Waals surface area (Å²) in [4.78, 5) is 13.3. The third kappa shape index (κ3) is 4.16. The molecule has 0 fully saturated rings. The van der Waals surface area contributed by atoms with Crippen LogP contribution < -0.4 is 5.32 Å². The van der Waals surface area contributed by atoms with Crippen LogP contribution in [0, 0.1) is 0 Å². The molecule has 1 atom stereocenters. The Morgan fingerprint density at radius 3 is 2.57 bits per heavy atom. The maximum atomic E-state index is 12.3. The van der Waals surface area contributed by atoms with E-state index in [4.69, 9.17) is 0 Å². The van der Waals surface area contributed by atoms with Crippen molar-refractivity contribution in [3.63, 3.8) is 0 Å². The lowest BCUT2D eigenvalue weighted by Gasteiger charge is -2.23. The number of nitrogens with one attached hydrogen (secondary N) is 1. The molecule has 0 bridgehead atoms. The van der Waals surface area contributed by atoms with Crippen LogP contribution in [0.4, 0.5) is 0 Å². The predicted octanol–water partition coefficient (Wildman–Crippen LogP) is 2.75. The lowest BCUT2D eigenvalue weighted by molar-refractivity contribution is -0.126.